The van der Waals surface area contributed by atoms with Crippen LogP contribution in [0.25, 0.3) is 43.2 Å². The molecule has 0 aliphatic heterocycles. The third-order valence-corrected chi connectivity index (χ3v) is 13.6. The smallest absolute Gasteiger partial charge is 0.488 e. The Balaban J connectivity index is 0.000000192. The number of fused-ring (bicyclic) bond motifs is 2. The van der Waals surface area contributed by atoms with Crippen molar-refractivity contribution in [2.24, 2.45) is 0 Å². The summed E-state index contributed by atoms with van der Waals surface area (Å²) in [6.45, 7) is -0.154. The molecule has 0 amide bonds. The largest absolute Gasteiger partial charge is 0.497 e. The highest BCUT2D eigenvalue weighted by atomic mass is 35.5. The minimum Gasteiger partial charge on any atom is -0.497 e. The summed E-state index contributed by atoms with van der Waals surface area (Å²) in [5.41, 5.74) is 3.13. The second-order valence-corrected chi connectivity index (χ2v) is 18.7. The molecule has 0 aliphatic rings. The first-order valence-corrected chi connectivity index (χ1v) is 25.1. The quantitative estimate of drug-likeness (QED) is 0.0267. The van der Waals surface area contributed by atoms with Gasteiger partial charge in [0.05, 0.1) is 97.5 Å². The van der Waals surface area contributed by atoms with Crippen molar-refractivity contribution in [3.63, 3.8) is 0 Å². The number of anilines is 4. The lowest BCUT2D eigenvalue weighted by Gasteiger charge is -2.14. The third kappa shape index (κ3) is 13.4. The van der Waals surface area contributed by atoms with Crippen molar-refractivity contribution in [2.75, 3.05) is 60.4 Å². The highest BCUT2D eigenvalue weighted by Gasteiger charge is 2.19. The first-order valence-electron chi connectivity index (χ1n) is 23.1. The van der Waals surface area contributed by atoms with Crippen LogP contribution in [0.3, 0.4) is 0 Å². The van der Waals surface area contributed by atoms with Gasteiger partial charge in [0.15, 0.2) is 28.8 Å². The highest BCUT2D eigenvalue weighted by molar-refractivity contribution is 7.19. The molecule has 0 atom stereocenters. The average Bonchev–Trinajstić information content (AvgIpc) is 4.41. The Kier molecular flexibility index (Phi) is 19.6. The molecule has 0 bridgehead atoms. The Labute approximate surface area is 466 Å². The normalized spacial score (nSPS) is 10.6. The second-order valence-electron chi connectivity index (χ2n) is 16.2. The number of benzene rings is 4. The molecular formula is C53H54BClN10O12S2. The minimum atomic E-state index is -1.50. The molecule has 10 rings (SSSR count). The van der Waals surface area contributed by atoms with Crippen molar-refractivity contribution in [3.05, 3.63) is 131 Å². The van der Waals surface area contributed by atoms with Gasteiger partial charge < -0.3 is 73.2 Å². The number of ether oxygens (including phenoxy) is 7. The van der Waals surface area contributed by atoms with Gasteiger partial charge in [-0.25, -0.2) is 24.9 Å². The Bertz CT molecular complexity index is 3660. The molecular weight excluding hydrogens is 1080 g/mol. The number of carbonyl (C=O) groups excluding carboxylic acids is 1. The number of imidazole rings is 2. The van der Waals surface area contributed by atoms with Gasteiger partial charge in [0.1, 0.15) is 57.6 Å². The lowest BCUT2D eigenvalue weighted by atomic mass is 9.80. The SMILES string of the molecule is C.COc1cc(-n2cnc(Nc3nc(Cl)nc4sc(CO)cc34)c2)cc(OC)c1OC.COc1cccc(-c2nc(Nc3cn(-c4cc(OC)c(OC)c(OC)c4)cn3)c3cc(CO)sc3n2)c1.O=Cc1cccc(B(O)O)c1. The number of hydrogen-bond donors (Lipinski definition) is 6. The molecule has 6 aromatic heterocycles. The van der Waals surface area contributed by atoms with Crippen LogP contribution in [-0.2, 0) is 13.2 Å². The van der Waals surface area contributed by atoms with Crippen molar-refractivity contribution >= 4 is 96.8 Å². The molecule has 0 unspecified atom stereocenters. The highest BCUT2D eigenvalue weighted by Crippen LogP contribution is 2.41. The van der Waals surface area contributed by atoms with E-state index in [1.54, 1.807) is 85.3 Å². The van der Waals surface area contributed by atoms with E-state index in [9.17, 15) is 15.0 Å². The number of nitrogens with one attached hydrogen (secondary N) is 2. The fourth-order valence-electron chi connectivity index (χ4n) is 7.68. The van der Waals surface area contributed by atoms with Crippen LogP contribution in [0.1, 0.15) is 27.5 Å². The summed E-state index contributed by atoms with van der Waals surface area (Å²) in [5.74, 6) is 6.62. The summed E-state index contributed by atoms with van der Waals surface area (Å²) in [5, 5.41) is 44.6. The summed E-state index contributed by atoms with van der Waals surface area (Å²) < 4.78 is 41.6. The molecule has 0 fully saturated rings. The summed E-state index contributed by atoms with van der Waals surface area (Å²) in [6.07, 6.45) is 7.61. The van der Waals surface area contributed by atoms with Gasteiger partial charge in [-0.05, 0) is 41.3 Å². The monoisotopic (exact) mass is 1130 g/mol. The average molecular weight is 1130 g/mol. The number of rotatable bonds is 18. The first kappa shape index (κ1) is 58.1. The van der Waals surface area contributed by atoms with E-state index < -0.39 is 7.12 Å². The molecule has 79 heavy (non-hydrogen) atoms. The lowest BCUT2D eigenvalue weighted by Crippen LogP contribution is -2.29. The number of halogens is 1. The molecule has 26 heteroatoms. The maximum atomic E-state index is 10.2. The number of aldehydes is 1. The molecule has 0 radical (unpaired) electrons. The number of thiophene rings is 2. The van der Waals surface area contributed by atoms with E-state index in [0.29, 0.717) is 91.5 Å². The van der Waals surface area contributed by atoms with Gasteiger partial charge in [-0.2, -0.15) is 4.98 Å². The fourth-order valence-corrected chi connectivity index (χ4v) is 9.67. The number of aliphatic hydroxyl groups is 2. The summed E-state index contributed by atoms with van der Waals surface area (Å²) in [4.78, 5) is 40.1. The van der Waals surface area contributed by atoms with Crippen LogP contribution in [0.4, 0.5) is 23.3 Å². The molecule has 410 valence electrons. The van der Waals surface area contributed by atoms with Crippen molar-refractivity contribution in [1.29, 1.82) is 0 Å². The Morgan fingerprint density at radius 1 is 0.608 bits per heavy atom. The van der Waals surface area contributed by atoms with E-state index >= 15 is 0 Å². The Hall–Kier alpha value is -8.56. The lowest BCUT2D eigenvalue weighted by molar-refractivity contribution is 0.112. The second kappa shape index (κ2) is 26.7. The number of aromatic nitrogens is 8. The number of nitrogens with zero attached hydrogens (tertiary/aromatic N) is 8. The van der Waals surface area contributed by atoms with E-state index in [0.717, 1.165) is 42.3 Å². The number of carbonyl (C=O) groups is 1. The van der Waals surface area contributed by atoms with E-state index in [2.05, 4.69) is 30.6 Å². The van der Waals surface area contributed by atoms with E-state index in [4.69, 9.17) is 64.8 Å². The first-order chi connectivity index (χ1) is 37.8. The molecule has 0 spiro atoms. The Morgan fingerprint density at radius 3 is 1.56 bits per heavy atom. The molecule has 0 saturated carbocycles. The van der Waals surface area contributed by atoms with Gasteiger partial charge in [-0.1, -0.05) is 43.8 Å². The van der Waals surface area contributed by atoms with E-state index in [-0.39, 0.29) is 25.9 Å². The molecule has 6 heterocycles. The molecule has 22 nitrogen and oxygen atoms in total. The van der Waals surface area contributed by atoms with Crippen LogP contribution in [0.15, 0.2) is 110 Å². The third-order valence-electron chi connectivity index (χ3n) is 11.4. The van der Waals surface area contributed by atoms with E-state index in [1.165, 1.54) is 34.8 Å². The zero-order chi connectivity index (χ0) is 55.5. The van der Waals surface area contributed by atoms with Gasteiger partial charge >= 0.3 is 7.12 Å². The van der Waals surface area contributed by atoms with E-state index in [1.807, 2.05) is 71.4 Å². The van der Waals surface area contributed by atoms with Crippen LogP contribution < -0.4 is 49.3 Å². The molecule has 6 N–H and O–H groups in total. The van der Waals surface area contributed by atoms with Gasteiger partial charge in [0, 0.05) is 45.1 Å². The predicted molar refractivity (Wildman–Crippen MR) is 305 cm³/mol. The number of hydrogen-bond acceptors (Lipinski definition) is 22. The van der Waals surface area contributed by atoms with Gasteiger partial charge in [0.2, 0.25) is 16.8 Å². The maximum Gasteiger partial charge on any atom is 0.488 e. The summed E-state index contributed by atoms with van der Waals surface area (Å²) >= 11 is 8.83. The minimum absolute atomic E-state index is 0. The van der Waals surface area contributed by atoms with Crippen molar-refractivity contribution in [3.8, 4) is 63.0 Å². The maximum absolute atomic E-state index is 10.2. The summed E-state index contributed by atoms with van der Waals surface area (Å²) in [6, 6.07) is 24.7. The summed E-state index contributed by atoms with van der Waals surface area (Å²) in [7, 11) is 9.50. The molecule has 0 saturated heterocycles. The Morgan fingerprint density at radius 2 is 1.10 bits per heavy atom. The van der Waals surface area contributed by atoms with Crippen LogP contribution >= 0.6 is 34.3 Å². The van der Waals surface area contributed by atoms with Crippen molar-refractivity contribution in [2.45, 2.75) is 20.6 Å². The molecule has 0 aliphatic carbocycles. The fraction of sp³-hybridized carbons (Fsp3) is 0.189. The standard InChI is InChI=1S/C26H25N5O5S.C19H18ClN5O4S.C7H7BO3.CH4/c1-33-17-7-5-6-15(8-17)24-29-25(19-11-18(13-32)37-26(19)30-24)28-22-12-31(14-27-22)16-9-20(34-2)23(36-4)21(10-16)35-3;1-27-13-4-10(5-14(28-2)16(13)29-3)25-7-15(21-9-25)22-17-12-6-11(8-26)30-18(12)24-19(20)23-17;9-5-6-2-1-3-7(4-6)8(10)11;/h5-12,14,32H,13H2,1-4H3,(H,28,29,30);4-7,9,26H,8H2,1-3H3,(H,22,23,24);1-5,10-11H;1H4. The van der Waals surface area contributed by atoms with Crippen LogP contribution in [0.2, 0.25) is 5.28 Å². The zero-order valence-corrected chi connectivity index (χ0v) is 45.2. The van der Waals surface area contributed by atoms with Crippen molar-refractivity contribution in [1.82, 2.24) is 39.0 Å². The van der Waals surface area contributed by atoms with Crippen LogP contribution in [0.5, 0.6) is 40.2 Å². The van der Waals surface area contributed by atoms with Gasteiger partial charge in [0.25, 0.3) is 0 Å². The zero-order valence-electron chi connectivity index (χ0n) is 42.8. The van der Waals surface area contributed by atoms with Gasteiger partial charge in [-0.15, -0.1) is 22.7 Å². The van der Waals surface area contributed by atoms with Crippen LogP contribution in [0, 0.1) is 0 Å². The number of aliphatic hydroxyl groups excluding tert-OH is 2. The van der Waals surface area contributed by atoms with Crippen molar-refractivity contribution < 1.29 is 58.2 Å². The van der Waals surface area contributed by atoms with Gasteiger partial charge in [-0.3, -0.25) is 4.79 Å². The topological polar surface area (TPSA) is 274 Å². The predicted octanol–water partition coefficient (Wildman–Crippen LogP) is 8.42. The number of methoxy groups -OCH3 is 7. The van der Waals surface area contributed by atoms with Crippen LogP contribution in [-0.4, -0.2) is 122 Å². The molecule has 10 aromatic rings. The molecule has 4 aromatic carbocycles.